The minimum Gasteiger partial charge on any atom is -0.368 e. The van der Waals surface area contributed by atoms with E-state index in [9.17, 15) is 0 Å². The van der Waals surface area contributed by atoms with Gasteiger partial charge < -0.3 is 9.80 Å². The van der Waals surface area contributed by atoms with E-state index in [1.807, 2.05) is 18.3 Å². The number of rotatable bonds is 5. The Balaban J connectivity index is 1.78. The van der Waals surface area contributed by atoms with Crippen LogP contribution < -0.4 is 9.80 Å². The molecule has 3 rings (SSSR count). The predicted octanol–water partition coefficient (Wildman–Crippen LogP) is 4.84. The predicted molar refractivity (Wildman–Crippen MR) is 108 cm³/mol. The Morgan fingerprint density at radius 3 is 2.62 bits per heavy atom. The molecule has 0 unspecified atom stereocenters. The van der Waals surface area contributed by atoms with Crippen molar-refractivity contribution >= 4 is 23.1 Å². The molecule has 1 aliphatic rings. The minimum absolute atomic E-state index is 0.361. The first-order valence-corrected chi connectivity index (χ1v) is 9.64. The normalized spacial score (nSPS) is 19.4. The molecular weight excluding hydrogens is 344 g/mol. The molecule has 136 valence electrons. The van der Waals surface area contributed by atoms with E-state index in [4.69, 9.17) is 16.9 Å². The second-order valence-electron chi connectivity index (χ2n) is 6.73. The van der Waals surface area contributed by atoms with Gasteiger partial charge >= 0.3 is 0 Å². The number of halogens is 1. The van der Waals surface area contributed by atoms with Gasteiger partial charge in [0.1, 0.15) is 11.9 Å². The number of benzene rings is 1. The largest absolute Gasteiger partial charge is 0.368 e. The summed E-state index contributed by atoms with van der Waals surface area (Å²) in [5.74, 6) is 1.49. The summed E-state index contributed by atoms with van der Waals surface area (Å²) < 4.78 is 0. The molecule has 1 aliphatic heterocycles. The van der Waals surface area contributed by atoms with Gasteiger partial charge in [-0.05, 0) is 57.0 Å². The quantitative estimate of drug-likeness (QED) is 0.757. The van der Waals surface area contributed by atoms with Crippen molar-refractivity contribution in [3.8, 4) is 6.07 Å². The molecule has 5 heteroatoms. The highest BCUT2D eigenvalue weighted by Gasteiger charge is 2.32. The van der Waals surface area contributed by atoms with Crippen LogP contribution in [-0.2, 0) is 0 Å². The molecule has 0 spiro atoms. The van der Waals surface area contributed by atoms with Gasteiger partial charge in [-0.15, -0.1) is 0 Å². The first-order chi connectivity index (χ1) is 12.6. The fourth-order valence-electron chi connectivity index (χ4n) is 3.87. The topological polar surface area (TPSA) is 43.2 Å². The zero-order valence-electron chi connectivity index (χ0n) is 15.6. The van der Waals surface area contributed by atoms with Gasteiger partial charge in [0.25, 0.3) is 0 Å². The van der Waals surface area contributed by atoms with Gasteiger partial charge in [-0.3, -0.25) is 0 Å². The molecule has 4 nitrogen and oxygen atoms in total. The number of anilines is 2. The molecule has 0 radical (unpaired) electrons. The van der Waals surface area contributed by atoms with Crippen LogP contribution in [0.5, 0.6) is 0 Å². The van der Waals surface area contributed by atoms with Gasteiger partial charge in [0.05, 0.1) is 10.6 Å². The standard InChI is InChI=1S/C21H25ClN4/c1-4-25(5-2)21-9-7-17(14-24-21)19-10-11-26(15(19)3)18-8-6-16(13-23)20(22)12-18/h6-9,12,14-15,19H,4-5,10-11H2,1-3H3/t15-,19+/m0/s1. The van der Waals surface area contributed by atoms with Crippen molar-refractivity contribution in [2.45, 2.75) is 39.2 Å². The summed E-state index contributed by atoms with van der Waals surface area (Å²) in [4.78, 5) is 9.31. The van der Waals surface area contributed by atoms with E-state index >= 15 is 0 Å². The summed E-state index contributed by atoms with van der Waals surface area (Å²) in [7, 11) is 0. The van der Waals surface area contributed by atoms with Crippen molar-refractivity contribution in [3.63, 3.8) is 0 Å². The third-order valence-electron chi connectivity index (χ3n) is 5.45. The first kappa shape index (κ1) is 18.5. The zero-order chi connectivity index (χ0) is 18.7. The molecule has 0 amide bonds. The van der Waals surface area contributed by atoms with E-state index in [1.165, 1.54) is 5.56 Å². The van der Waals surface area contributed by atoms with Gasteiger partial charge in [0, 0.05) is 43.5 Å². The molecule has 26 heavy (non-hydrogen) atoms. The third kappa shape index (κ3) is 3.50. The Kier molecular flexibility index (Phi) is 5.68. The molecule has 0 bridgehead atoms. The highest BCUT2D eigenvalue weighted by molar-refractivity contribution is 6.32. The smallest absolute Gasteiger partial charge is 0.128 e. The van der Waals surface area contributed by atoms with Crippen molar-refractivity contribution in [3.05, 3.63) is 52.7 Å². The lowest BCUT2D eigenvalue weighted by molar-refractivity contribution is 0.633. The Hall–Kier alpha value is -2.25. The van der Waals surface area contributed by atoms with Crippen molar-refractivity contribution in [1.82, 2.24) is 4.98 Å². The summed E-state index contributed by atoms with van der Waals surface area (Å²) in [6, 6.07) is 12.5. The fourth-order valence-corrected chi connectivity index (χ4v) is 4.09. The Morgan fingerprint density at radius 1 is 1.27 bits per heavy atom. The van der Waals surface area contributed by atoms with Crippen LogP contribution in [0.4, 0.5) is 11.5 Å². The van der Waals surface area contributed by atoms with Crippen LogP contribution in [0.15, 0.2) is 36.5 Å². The van der Waals surface area contributed by atoms with E-state index in [0.717, 1.165) is 37.6 Å². The van der Waals surface area contributed by atoms with Gasteiger partial charge in [0.2, 0.25) is 0 Å². The van der Waals surface area contributed by atoms with Gasteiger partial charge in [0.15, 0.2) is 0 Å². The van der Waals surface area contributed by atoms with E-state index < -0.39 is 0 Å². The van der Waals surface area contributed by atoms with Crippen LogP contribution in [0.1, 0.15) is 44.2 Å². The van der Waals surface area contributed by atoms with Crippen molar-refractivity contribution < 1.29 is 0 Å². The van der Waals surface area contributed by atoms with Crippen LogP contribution in [0.25, 0.3) is 0 Å². The first-order valence-electron chi connectivity index (χ1n) is 9.26. The molecule has 1 saturated heterocycles. The lowest BCUT2D eigenvalue weighted by Gasteiger charge is -2.27. The average molecular weight is 369 g/mol. The molecule has 0 saturated carbocycles. The van der Waals surface area contributed by atoms with E-state index in [-0.39, 0.29) is 0 Å². The zero-order valence-corrected chi connectivity index (χ0v) is 16.4. The summed E-state index contributed by atoms with van der Waals surface area (Å²) in [6.07, 6.45) is 3.12. The monoisotopic (exact) mass is 368 g/mol. The summed E-state index contributed by atoms with van der Waals surface area (Å²) in [5.41, 5.74) is 2.89. The van der Waals surface area contributed by atoms with E-state index in [2.05, 4.69) is 53.8 Å². The second-order valence-corrected chi connectivity index (χ2v) is 7.13. The molecule has 1 aromatic carbocycles. The lowest BCUT2D eigenvalue weighted by atomic mass is 9.94. The number of hydrogen-bond acceptors (Lipinski definition) is 4. The molecule has 1 aromatic heterocycles. The molecule has 0 aliphatic carbocycles. The molecule has 1 fully saturated rings. The number of hydrogen-bond donors (Lipinski definition) is 0. The maximum atomic E-state index is 9.06. The number of nitriles is 1. The van der Waals surface area contributed by atoms with Crippen molar-refractivity contribution in [2.24, 2.45) is 0 Å². The minimum atomic E-state index is 0.361. The highest BCUT2D eigenvalue weighted by atomic mass is 35.5. The third-order valence-corrected chi connectivity index (χ3v) is 5.76. The van der Waals surface area contributed by atoms with Crippen LogP contribution in [-0.4, -0.2) is 30.7 Å². The van der Waals surface area contributed by atoms with E-state index in [1.54, 1.807) is 6.07 Å². The Bertz CT molecular complexity index is 793. The van der Waals surface area contributed by atoms with Gasteiger partial charge in [-0.2, -0.15) is 5.26 Å². The fraction of sp³-hybridized carbons (Fsp3) is 0.429. The Morgan fingerprint density at radius 2 is 2.04 bits per heavy atom. The van der Waals surface area contributed by atoms with Crippen LogP contribution in [0.3, 0.4) is 0 Å². The molecule has 0 N–H and O–H groups in total. The van der Waals surface area contributed by atoms with Crippen molar-refractivity contribution in [1.29, 1.82) is 5.26 Å². The number of aromatic nitrogens is 1. The maximum Gasteiger partial charge on any atom is 0.128 e. The van der Waals surface area contributed by atoms with Crippen molar-refractivity contribution in [2.75, 3.05) is 29.4 Å². The van der Waals surface area contributed by atoms with Crippen LogP contribution in [0.2, 0.25) is 5.02 Å². The highest BCUT2D eigenvalue weighted by Crippen LogP contribution is 2.37. The van der Waals surface area contributed by atoms with Gasteiger partial charge in [-0.1, -0.05) is 17.7 Å². The SMILES string of the molecule is CCN(CC)c1ccc([C@@H]2CCN(c3ccc(C#N)c(Cl)c3)[C@H]2C)cn1. The van der Waals surface area contributed by atoms with Crippen LogP contribution >= 0.6 is 11.6 Å². The maximum absolute atomic E-state index is 9.06. The summed E-state index contributed by atoms with van der Waals surface area (Å²) in [5, 5.41) is 9.58. The Labute approximate surface area is 161 Å². The molecule has 2 atom stereocenters. The molecular formula is C21H25ClN4. The van der Waals surface area contributed by atoms with E-state index in [0.29, 0.717) is 22.5 Å². The van der Waals surface area contributed by atoms with Gasteiger partial charge in [-0.25, -0.2) is 4.98 Å². The average Bonchev–Trinajstić information content (AvgIpc) is 3.04. The molecule has 2 heterocycles. The number of pyridine rings is 1. The van der Waals surface area contributed by atoms with Crippen LogP contribution in [0, 0.1) is 11.3 Å². The summed E-state index contributed by atoms with van der Waals surface area (Å²) in [6.45, 7) is 9.47. The lowest BCUT2D eigenvalue weighted by Crippen LogP contribution is -2.29. The molecule has 2 aromatic rings. The summed E-state index contributed by atoms with van der Waals surface area (Å²) >= 11 is 6.22. The number of nitrogens with zero attached hydrogens (tertiary/aromatic N) is 4. The second kappa shape index (κ2) is 7.97.